The van der Waals surface area contributed by atoms with Crippen LogP contribution in [0.1, 0.15) is 26.6 Å². The number of nitrogens with one attached hydrogen (secondary N) is 3. The molecule has 4 aromatic rings. The van der Waals surface area contributed by atoms with Crippen LogP contribution in [0.2, 0.25) is 0 Å². The number of amides is 2. The maximum atomic E-state index is 12.4. The SMILES string of the molecule is Cc1c(C(=O)NNC(=O)c2ccc[nH]2)oc2c1ccc1ccccc12. The topological polar surface area (TPSA) is 87.1 Å². The molecule has 0 saturated heterocycles. The molecule has 0 aliphatic carbocycles. The van der Waals surface area contributed by atoms with E-state index < -0.39 is 11.8 Å². The van der Waals surface area contributed by atoms with Crippen molar-refractivity contribution in [1.29, 1.82) is 0 Å². The third kappa shape index (κ3) is 2.53. The minimum Gasteiger partial charge on any atom is -0.450 e. The zero-order valence-electron chi connectivity index (χ0n) is 13.4. The summed E-state index contributed by atoms with van der Waals surface area (Å²) in [6, 6.07) is 15.1. The molecule has 0 spiro atoms. The molecule has 2 heterocycles. The number of benzene rings is 2. The number of aryl methyl sites for hydroxylation is 1. The monoisotopic (exact) mass is 333 g/mol. The first kappa shape index (κ1) is 15.0. The van der Waals surface area contributed by atoms with Gasteiger partial charge in [0.2, 0.25) is 0 Å². The average Bonchev–Trinajstić information content (AvgIpc) is 3.28. The van der Waals surface area contributed by atoms with Gasteiger partial charge in [0.05, 0.1) is 0 Å². The second-order valence-electron chi connectivity index (χ2n) is 5.71. The van der Waals surface area contributed by atoms with E-state index in [2.05, 4.69) is 15.8 Å². The van der Waals surface area contributed by atoms with Crippen molar-refractivity contribution in [1.82, 2.24) is 15.8 Å². The van der Waals surface area contributed by atoms with Gasteiger partial charge >= 0.3 is 5.91 Å². The molecule has 6 nitrogen and oxygen atoms in total. The summed E-state index contributed by atoms with van der Waals surface area (Å²) in [5.74, 6) is -0.756. The van der Waals surface area contributed by atoms with Crippen LogP contribution in [0.3, 0.4) is 0 Å². The van der Waals surface area contributed by atoms with E-state index in [1.54, 1.807) is 18.3 Å². The molecule has 0 radical (unpaired) electrons. The highest BCUT2D eigenvalue weighted by Crippen LogP contribution is 2.31. The number of furan rings is 1. The number of hydrogen-bond acceptors (Lipinski definition) is 3. The standard InChI is InChI=1S/C19H15N3O3/c1-11-13-9-8-12-5-2-3-6-14(12)17(13)25-16(11)19(24)22-21-18(23)15-7-4-10-20-15/h2-10,20H,1H3,(H,21,23)(H,22,24). The number of hydrazine groups is 1. The quantitative estimate of drug-likeness (QED) is 0.492. The van der Waals surface area contributed by atoms with Crippen molar-refractivity contribution in [2.45, 2.75) is 6.92 Å². The number of aromatic amines is 1. The lowest BCUT2D eigenvalue weighted by molar-refractivity contribution is 0.0829. The normalized spacial score (nSPS) is 10.9. The van der Waals surface area contributed by atoms with Gasteiger partial charge in [0, 0.05) is 22.5 Å². The lowest BCUT2D eigenvalue weighted by atomic mass is 10.1. The Kier molecular flexibility index (Phi) is 3.50. The Bertz CT molecular complexity index is 1090. The Labute approximate surface area is 142 Å². The van der Waals surface area contributed by atoms with Gasteiger partial charge < -0.3 is 9.40 Å². The van der Waals surface area contributed by atoms with Crippen molar-refractivity contribution >= 4 is 33.6 Å². The fourth-order valence-electron chi connectivity index (χ4n) is 2.88. The molecular formula is C19H15N3O3. The summed E-state index contributed by atoms with van der Waals surface area (Å²) in [5, 5.41) is 2.85. The van der Waals surface area contributed by atoms with Gasteiger partial charge in [-0.1, -0.05) is 36.4 Å². The maximum Gasteiger partial charge on any atom is 0.305 e. The summed E-state index contributed by atoms with van der Waals surface area (Å²) >= 11 is 0. The molecule has 0 atom stereocenters. The highest BCUT2D eigenvalue weighted by atomic mass is 16.3. The fraction of sp³-hybridized carbons (Fsp3) is 0.0526. The first-order chi connectivity index (χ1) is 12.1. The predicted octanol–water partition coefficient (Wildman–Crippen LogP) is 3.30. The van der Waals surface area contributed by atoms with E-state index in [4.69, 9.17) is 4.42 Å². The van der Waals surface area contributed by atoms with E-state index in [1.165, 1.54) is 0 Å². The molecule has 4 rings (SSSR count). The van der Waals surface area contributed by atoms with Gasteiger partial charge in [0.15, 0.2) is 5.76 Å². The molecular weight excluding hydrogens is 318 g/mol. The van der Waals surface area contributed by atoms with Crippen LogP contribution in [-0.2, 0) is 0 Å². The molecule has 2 aromatic heterocycles. The average molecular weight is 333 g/mol. The molecule has 2 amide bonds. The van der Waals surface area contributed by atoms with Crippen LogP contribution >= 0.6 is 0 Å². The van der Waals surface area contributed by atoms with Crippen molar-refractivity contribution in [3.05, 3.63) is 71.7 Å². The zero-order valence-corrected chi connectivity index (χ0v) is 13.4. The molecule has 3 N–H and O–H groups in total. The summed E-state index contributed by atoms with van der Waals surface area (Å²) in [7, 11) is 0. The van der Waals surface area contributed by atoms with Crippen LogP contribution in [0.5, 0.6) is 0 Å². The molecule has 0 saturated carbocycles. The number of carbonyl (C=O) groups excluding carboxylic acids is 2. The zero-order chi connectivity index (χ0) is 17.4. The Hall–Kier alpha value is -3.54. The lowest BCUT2D eigenvalue weighted by Gasteiger charge is -2.05. The summed E-state index contributed by atoms with van der Waals surface area (Å²) in [4.78, 5) is 27.1. The van der Waals surface area contributed by atoms with Crippen molar-refractivity contribution < 1.29 is 14.0 Å². The van der Waals surface area contributed by atoms with E-state index in [0.717, 1.165) is 21.7 Å². The number of rotatable bonds is 2. The maximum absolute atomic E-state index is 12.4. The van der Waals surface area contributed by atoms with E-state index in [-0.39, 0.29) is 5.76 Å². The van der Waals surface area contributed by atoms with E-state index in [1.807, 2.05) is 43.3 Å². The minimum atomic E-state index is -0.502. The number of H-pyrrole nitrogens is 1. The fourth-order valence-corrected chi connectivity index (χ4v) is 2.88. The predicted molar refractivity (Wildman–Crippen MR) is 94.2 cm³/mol. The Morgan fingerprint density at radius 2 is 1.72 bits per heavy atom. The molecule has 6 heteroatoms. The second kappa shape index (κ2) is 5.83. The second-order valence-corrected chi connectivity index (χ2v) is 5.71. The molecule has 0 aliphatic rings. The summed E-state index contributed by atoms with van der Waals surface area (Å²) in [6.07, 6.45) is 1.63. The van der Waals surface area contributed by atoms with Crippen LogP contribution in [0.4, 0.5) is 0 Å². The molecule has 2 aromatic carbocycles. The molecule has 0 bridgehead atoms. The summed E-state index contributed by atoms with van der Waals surface area (Å²) < 4.78 is 5.83. The van der Waals surface area contributed by atoms with E-state index in [9.17, 15) is 9.59 Å². The molecule has 0 fully saturated rings. The third-order valence-electron chi connectivity index (χ3n) is 4.17. The van der Waals surface area contributed by atoms with Crippen molar-refractivity contribution in [2.24, 2.45) is 0 Å². The number of fused-ring (bicyclic) bond motifs is 3. The molecule has 124 valence electrons. The van der Waals surface area contributed by atoms with Crippen LogP contribution < -0.4 is 10.9 Å². The summed E-state index contributed by atoms with van der Waals surface area (Å²) in [5.41, 5.74) is 6.49. The molecule has 0 unspecified atom stereocenters. The minimum absolute atomic E-state index is 0.179. The van der Waals surface area contributed by atoms with Gasteiger partial charge in [-0.3, -0.25) is 20.4 Å². The van der Waals surface area contributed by atoms with Crippen molar-refractivity contribution in [3.63, 3.8) is 0 Å². The van der Waals surface area contributed by atoms with Crippen LogP contribution in [-0.4, -0.2) is 16.8 Å². The van der Waals surface area contributed by atoms with Crippen LogP contribution in [0.15, 0.2) is 59.1 Å². The Morgan fingerprint density at radius 3 is 2.52 bits per heavy atom. The molecule has 0 aliphatic heterocycles. The van der Waals surface area contributed by atoms with Gasteiger partial charge in [-0.25, -0.2) is 0 Å². The number of hydrogen-bond donors (Lipinski definition) is 3. The number of carbonyl (C=O) groups is 2. The van der Waals surface area contributed by atoms with Crippen molar-refractivity contribution in [2.75, 3.05) is 0 Å². The van der Waals surface area contributed by atoms with Gasteiger partial charge in [-0.05, 0) is 24.4 Å². The largest absolute Gasteiger partial charge is 0.450 e. The van der Waals surface area contributed by atoms with Gasteiger partial charge in [-0.2, -0.15) is 0 Å². The van der Waals surface area contributed by atoms with Gasteiger partial charge in [0.1, 0.15) is 11.3 Å². The van der Waals surface area contributed by atoms with E-state index >= 15 is 0 Å². The first-order valence-electron chi connectivity index (χ1n) is 7.80. The van der Waals surface area contributed by atoms with Crippen molar-refractivity contribution in [3.8, 4) is 0 Å². The molecule has 25 heavy (non-hydrogen) atoms. The lowest BCUT2D eigenvalue weighted by Crippen LogP contribution is -2.41. The first-order valence-corrected chi connectivity index (χ1v) is 7.80. The Morgan fingerprint density at radius 1 is 0.920 bits per heavy atom. The highest BCUT2D eigenvalue weighted by Gasteiger charge is 2.19. The van der Waals surface area contributed by atoms with Crippen LogP contribution in [0, 0.1) is 6.92 Å². The smallest absolute Gasteiger partial charge is 0.305 e. The number of aromatic nitrogens is 1. The van der Waals surface area contributed by atoms with Gasteiger partial charge in [-0.15, -0.1) is 0 Å². The van der Waals surface area contributed by atoms with Gasteiger partial charge in [0.25, 0.3) is 5.91 Å². The third-order valence-corrected chi connectivity index (χ3v) is 4.17. The summed E-state index contributed by atoms with van der Waals surface area (Å²) in [6.45, 7) is 1.82. The van der Waals surface area contributed by atoms with Crippen LogP contribution in [0.25, 0.3) is 21.7 Å². The van der Waals surface area contributed by atoms with E-state index in [0.29, 0.717) is 11.3 Å². The highest BCUT2D eigenvalue weighted by molar-refractivity contribution is 6.09. The Balaban J connectivity index is 1.64.